The maximum Gasteiger partial charge on any atom is 0.220 e. The standard InChI is InChI=1S/C18H28N2O3/c1-3-16(21)20-15-11-19-14(17(22)18(15)23)10-9-12(2)13-7-5-4-6-8-13/h4-8,12,14-15,17-19,22-23H,3,9-11H2,1-2H3,(H,20,21)/t12?,14-,15+,17-,18-/m1/s1. The molecule has 5 nitrogen and oxygen atoms in total. The van der Waals surface area contributed by atoms with E-state index in [0.717, 1.165) is 12.8 Å². The van der Waals surface area contributed by atoms with Crippen LogP contribution in [0.25, 0.3) is 0 Å². The van der Waals surface area contributed by atoms with E-state index in [1.807, 2.05) is 18.2 Å². The minimum Gasteiger partial charge on any atom is -0.389 e. The third-order valence-corrected chi connectivity index (χ3v) is 4.72. The summed E-state index contributed by atoms with van der Waals surface area (Å²) in [5, 5.41) is 26.6. The van der Waals surface area contributed by atoms with E-state index in [2.05, 4.69) is 29.7 Å². The summed E-state index contributed by atoms with van der Waals surface area (Å²) >= 11 is 0. The minimum atomic E-state index is -0.927. The van der Waals surface area contributed by atoms with Crippen molar-refractivity contribution in [3.63, 3.8) is 0 Å². The Morgan fingerprint density at radius 1 is 1.30 bits per heavy atom. The zero-order chi connectivity index (χ0) is 16.8. The second-order valence-corrected chi connectivity index (χ2v) is 6.41. The van der Waals surface area contributed by atoms with Gasteiger partial charge in [0.2, 0.25) is 5.91 Å². The first-order valence-corrected chi connectivity index (χ1v) is 8.46. The molecule has 23 heavy (non-hydrogen) atoms. The van der Waals surface area contributed by atoms with E-state index in [1.54, 1.807) is 6.92 Å². The Morgan fingerprint density at radius 2 is 2.00 bits per heavy atom. The second-order valence-electron chi connectivity index (χ2n) is 6.41. The van der Waals surface area contributed by atoms with Gasteiger partial charge in [0.05, 0.1) is 12.1 Å². The predicted octanol–water partition coefficient (Wildman–Crippen LogP) is 1.16. The topological polar surface area (TPSA) is 81.6 Å². The molecule has 0 spiro atoms. The molecule has 0 saturated carbocycles. The average molecular weight is 320 g/mol. The molecule has 0 radical (unpaired) electrons. The fourth-order valence-corrected chi connectivity index (χ4v) is 3.09. The van der Waals surface area contributed by atoms with Gasteiger partial charge >= 0.3 is 0 Å². The summed E-state index contributed by atoms with van der Waals surface area (Å²) < 4.78 is 0. The van der Waals surface area contributed by atoms with Gasteiger partial charge in [-0.2, -0.15) is 0 Å². The van der Waals surface area contributed by atoms with Crippen molar-refractivity contribution in [3.8, 4) is 0 Å². The van der Waals surface area contributed by atoms with Gasteiger partial charge in [0.25, 0.3) is 0 Å². The van der Waals surface area contributed by atoms with Crippen LogP contribution in [-0.4, -0.2) is 47.0 Å². The Kier molecular flexibility index (Phi) is 6.57. The van der Waals surface area contributed by atoms with E-state index in [4.69, 9.17) is 0 Å². The molecule has 0 aromatic heterocycles. The number of piperidine rings is 1. The number of aliphatic hydroxyl groups excluding tert-OH is 2. The molecule has 128 valence electrons. The summed E-state index contributed by atoms with van der Waals surface area (Å²) in [6.45, 7) is 4.42. The van der Waals surface area contributed by atoms with Crippen molar-refractivity contribution in [2.24, 2.45) is 0 Å². The van der Waals surface area contributed by atoms with Gasteiger partial charge in [-0.05, 0) is 24.3 Å². The highest BCUT2D eigenvalue weighted by Crippen LogP contribution is 2.23. The molecule has 0 aliphatic carbocycles. The quantitative estimate of drug-likeness (QED) is 0.634. The van der Waals surface area contributed by atoms with Crippen molar-refractivity contribution < 1.29 is 15.0 Å². The van der Waals surface area contributed by atoms with Crippen molar-refractivity contribution in [2.75, 3.05) is 6.54 Å². The summed E-state index contributed by atoms with van der Waals surface area (Å²) in [5.74, 6) is 0.291. The maximum absolute atomic E-state index is 11.5. The largest absolute Gasteiger partial charge is 0.389 e. The average Bonchev–Trinajstić information content (AvgIpc) is 2.58. The van der Waals surface area contributed by atoms with Crippen LogP contribution in [0.2, 0.25) is 0 Å². The lowest BCUT2D eigenvalue weighted by atomic mass is 9.87. The van der Waals surface area contributed by atoms with E-state index < -0.39 is 18.2 Å². The lowest BCUT2D eigenvalue weighted by Crippen LogP contribution is -2.64. The third-order valence-electron chi connectivity index (χ3n) is 4.72. The first-order valence-electron chi connectivity index (χ1n) is 8.46. The van der Waals surface area contributed by atoms with Crippen LogP contribution in [-0.2, 0) is 4.79 Å². The Balaban J connectivity index is 1.84. The molecule has 2 rings (SSSR count). The first kappa shape index (κ1) is 17.9. The minimum absolute atomic E-state index is 0.112. The summed E-state index contributed by atoms with van der Waals surface area (Å²) in [4.78, 5) is 11.5. The van der Waals surface area contributed by atoms with Crippen molar-refractivity contribution >= 4 is 5.91 Å². The van der Waals surface area contributed by atoms with Crippen molar-refractivity contribution in [1.82, 2.24) is 10.6 Å². The van der Waals surface area contributed by atoms with Crippen molar-refractivity contribution in [1.29, 1.82) is 0 Å². The van der Waals surface area contributed by atoms with Gasteiger partial charge < -0.3 is 20.8 Å². The number of benzene rings is 1. The van der Waals surface area contributed by atoms with Gasteiger partial charge in [-0.25, -0.2) is 0 Å². The van der Waals surface area contributed by atoms with E-state index >= 15 is 0 Å². The van der Waals surface area contributed by atoms with Crippen LogP contribution < -0.4 is 10.6 Å². The molecule has 1 heterocycles. The lowest BCUT2D eigenvalue weighted by molar-refractivity contribution is -0.124. The normalized spacial score (nSPS) is 29.0. The van der Waals surface area contributed by atoms with E-state index in [-0.39, 0.29) is 11.9 Å². The number of hydrogen-bond donors (Lipinski definition) is 4. The molecule has 1 aromatic carbocycles. The lowest BCUT2D eigenvalue weighted by Gasteiger charge is -2.39. The van der Waals surface area contributed by atoms with E-state index in [1.165, 1.54) is 5.56 Å². The highest BCUT2D eigenvalue weighted by molar-refractivity contribution is 5.75. The fraction of sp³-hybridized carbons (Fsp3) is 0.611. The molecule has 4 N–H and O–H groups in total. The van der Waals surface area contributed by atoms with Crippen molar-refractivity contribution in [3.05, 3.63) is 35.9 Å². The molecule has 1 unspecified atom stereocenters. The zero-order valence-electron chi connectivity index (χ0n) is 13.9. The first-order chi connectivity index (χ1) is 11.0. The van der Waals surface area contributed by atoms with Gasteiger partial charge in [0.15, 0.2) is 0 Å². The van der Waals surface area contributed by atoms with Crippen LogP contribution >= 0.6 is 0 Å². The summed E-state index contributed by atoms with van der Waals surface area (Å²) in [6, 6.07) is 9.71. The van der Waals surface area contributed by atoms with Crippen LogP contribution in [0.4, 0.5) is 0 Å². The van der Waals surface area contributed by atoms with Gasteiger partial charge in [0, 0.05) is 19.0 Å². The van der Waals surface area contributed by atoms with E-state index in [0.29, 0.717) is 18.9 Å². The fourth-order valence-electron chi connectivity index (χ4n) is 3.09. The Labute approximate surface area is 138 Å². The summed E-state index contributed by atoms with van der Waals surface area (Å²) in [7, 11) is 0. The van der Waals surface area contributed by atoms with Crippen LogP contribution in [0.1, 0.15) is 44.6 Å². The summed E-state index contributed by atoms with van der Waals surface area (Å²) in [5.41, 5.74) is 1.28. The second kappa shape index (κ2) is 8.43. The predicted molar refractivity (Wildman–Crippen MR) is 90.1 cm³/mol. The number of rotatable bonds is 6. The van der Waals surface area contributed by atoms with Crippen LogP contribution in [0.15, 0.2) is 30.3 Å². The number of aliphatic hydroxyl groups is 2. The van der Waals surface area contributed by atoms with Crippen LogP contribution in [0, 0.1) is 0 Å². The van der Waals surface area contributed by atoms with Crippen LogP contribution in [0.5, 0.6) is 0 Å². The third kappa shape index (κ3) is 4.77. The maximum atomic E-state index is 11.5. The Hall–Kier alpha value is -1.43. The molecular weight excluding hydrogens is 292 g/mol. The number of nitrogens with one attached hydrogen (secondary N) is 2. The molecular formula is C18H28N2O3. The Morgan fingerprint density at radius 3 is 2.65 bits per heavy atom. The number of hydrogen-bond acceptors (Lipinski definition) is 4. The molecule has 1 aliphatic heterocycles. The molecule has 1 fully saturated rings. The van der Waals surface area contributed by atoms with Gasteiger partial charge in [0.1, 0.15) is 6.10 Å². The van der Waals surface area contributed by atoms with Gasteiger partial charge in [-0.1, -0.05) is 44.2 Å². The van der Waals surface area contributed by atoms with Crippen LogP contribution in [0.3, 0.4) is 0 Å². The monoisotopic (exact) mass is 320 g/mol. The highest BCUT2D eigenvalue weighted by atomic mass is 16.3. The summed E-state index contributed by atoms with van der Waals surface area (Å²) in [6.07, 6.45) is 0.287. The zero-order valence-corrected chi connectivity index (χ0v) is 13.9. The number of carbonyl (C=O) groups excluding carboxylic acids is 1. The SMILES string of the molecule is CCC(=O)N[C@H]1CN[C@H](CCC(C)c2ccccc2)[C@@H](O)[C@@H]1O. The van der Waals surface area contributed by atoms with E-state index in [9.17, 15) is 15.0 Å². The van der Waals surface area contributed by atoms with Crippen molar-refractivity contribution in [2.45, 2.75) is 63.3 Å². The molecule has 1 aliphatic rings. The Bertz CT molecular complexity index is 494. The number of amides is 1. The molecule has 1 aromatic rings. The molecule has 1 amide bonds. The highest BCUT2D eigenvalue weighted by Gasteiger charge is 2.37. The molecule has 1 saturated heterocycles. The smallest absolute Gasteiger partial charge is 0.220 e. The number of carbonyl (C=O) groups is 1. The molecule has 0 bridgehead atoms. The van der Waals surface area contributed by atoms with Gasteiger partial charge in [-0.3, -0.25) is 4.79 Å². The molecule has 5 heteroatoms. The van der Waals surface area contributed by atoms with Gasteiger partial charge in [-0.15, -0.1) is 0 Å². The molecule has 5 atom stereocenters.